The molecule has 0 radical (unpaired) electrons. The summed E-state index contributed by atoms with van der Waals surface area (Å²) in [4.78, 5) is 12.1. The first-order valence-electron chi connectivity index (χ1n) is 8.23. The maximum Gasteiger partial charge on any atom is 0.241 e. The van der Waals surface area contributed by atoms with Crippen molar-refractivity contribution in [3.8, 4) is 11.5 Å². The Labute approximate surface area is 141 Å². The highest BCUT2D eigenvalue weighted by atomic mass is 32.2. The van der Waals surface area contributed by atoms with E-state index in [1.165, 1.54) is 25.0 Å². The fourth-order valence-electron chi connectivity index (χ4n) is 2.99. The van der Waals surface area contributed by atoms with Crippen molar-refractivity contribution < 1.29 is 22.7 Å². The van der Waals surface area contributed by atoms with E-state index in [0.717, 1.165) is 25.7 Å². The van der Waals surface area contributed by atoms with Crippen molar-refractivity contribution in [3.63, 3.8) is 0 Å². The van der Waals surface area contributed by atoms with Crippen molar-refractivity contribution in [1.82, 2.24) is 10.0 Å². The second-order valence-corrected chi connectivity index (χ2v) is 7.86. The minimum absolute atomic E-state index is 0.0500. The Kier molecular flexibility index (Phi) is 5.25. The number of hydrogen-bond donors (Lipinski definition) is 2. The number of benzene rings is 1. The fourth-order valence-corrected chi connectivity index (χ4v) is 3.99. The molecule has 0 spiro atoms. The van der Waals surface area contributed by atoms with E-state index in [2.05, 4.69) is 10.0 Å². The van der Waals surface area contributed by atoms with Crippen LogP contribution in [0.5, 0.6) is 11.5 Å². The van der Waals surface area contributed by atoms with Gasteiger partial charge in [0.25, 0.3) is 0 Å². The molecular weight excluding hydrogens is 332 g/mol. The van der Waals surface area contributed by atoms with Crippen LogP contribution in [0.3, 0.4) is 0 Å². The lowest BCUT2D eigenvalue weighted by molar-refractivity contribution is -0.120. The Morgan fingerprint density at radius 1 is 1.08 bits per heavy atom. The van der Waals surface area contributed by atoms with Gasteiger partial charge in [-0.1, -0.05) is 25.7 Å². The monoisotopic (exact) mass is 354 g/mol. The van der Waals surface area contributed by atoms with Crippen LogP contribution in [0.25, 0.3) is 0 Å². The van der Waals surface area contributed by atoms with Crippen LogP contribution in [-0.4, -0.2) is 33.7 Å². The highest BCUT2D eigenvalue weighted by Crippen LogP contribution is 2.33. The van der Waals surface area contributed by atoms with Crippen LogP contribution < -0.4 is 19.5 Å². The molecule has 1 aromatic carbocycles. The van der Waals surface area contributed by atoms with E-state index in [0.29, 0.717) is 11.5 Å². The van der Waals surface area contributed by atoms with Crippen molar-refractivity contribution in [1.29, 1.82) is 0 Å². The van der Waals surface area contributed by atoms with Gasteiger partial charge in [0, 0.05) is 12.1 Å². The van der Waals surface area contributed by atoms with Crippen LogP contribution in [0.15, 0.2) is 23.1 Å². The van der Waals surface area contributed by atoms with Gasteiger partial charge in [-0.2, -0.15) is 0 Å². The fraction of sp³-hybridized carbons (Fsp3) is 0.562. The Balaban J connectivity index is 1.55. The van der Waals surface area contributed by atoms with Gasteiger partial charge in [-0.3, -0.25) is 4.79 Å². The van der Waals surface area contributed by atoms with Crippen molar-refractivity contribution in [2.24, 2.45) is 0 Å². The molecule has 132 valence electrons. The van der Waals surface area contributed by atoms with Gasteiger partial charge in [0.1, 0.15) is 0 Å². The predicted octanol–water partition coefficient (Wildman–Crippen LogP) is 1.53. The number of sulfonamides is 1. The zero-order valence-corrected chi connectivity index (χ0v) is 14.2. The van der Waals surface area contributed by atoms with Gasteiger partial charge in [-0.25, -0.2) is 13.1 Å². The quantitative estimate of drug-likeness (QED) is 0.782. The second-order valence-electron chi connectivity index (χ2n) is 6.10. The van der Waals surface area contributed by atoms with Crippen LogP contribution >= 0.6 is 0 Å². The van der Waals surface area contributed by atoms with E-state index >= 15 is 0 Å². The summed E-state index contributed by atoms with van der Waals surface area (Å²) in [6.45, 7) is -0.191. The molecule has 2 N–H and O–H groups in total. The standard InChI is InChI=1S/C16H22N2O5S/c19-16(18-12-5-3-1-2-4-6-12)10-17-24(20,21)13-7-8-14-15(9-13)23-11-22-14/h7-9,12,17H,1-6,10-11H2,(H,18,19). The molecule has 1 saturated carbocycles. The lowest BCUT2D eigenvalue weighted by Crippen LogP contribution is -2.41. The molecule has 7 nitrogen and oxygen atoms in total. The van der Waals surface area contributed by atoms with Crippen molar-refractivity contribution in [2.75, 3.05) is 13.3 Å². The van der Waals surface area contributed by atoms with Crippen LogP contribution in [0.4, 0.5) is 0 Å². The number of hydrogen-bond acceptors (Lipinski definition) is 5. The molecule has 0 atom stereocenters. The minimum Gasteiger partial charge on any atom is -0.454 e. The number of fused-ring (bicyclic) bond motifs is 1. The van der Waals surface area contributed by atoms with Gasteiger partial charge < -0.3 is 14.8 Å². The van der Waals surface area contributed by atoms with Gasteiger partial charge >= 0.3 is 0 Å². The molecule has 0 bridgehead atoms. The summed E-state index contributed by atoms with van der Waals surface area (Å²) in [5.74, 6) is 0.604. The minimum atomic E-state index is -3.77. The lowest BCUT2D eigenvalue weighted by Gasteiger charge is -2.16. The highest BCUT2D eigenvalue weighted by molar-refractivity contribution is 7.89. The molecule has 0 unspecified atom stereocenters. The highest BCUT2D eigenvalue weighted by Gasteiger charge is 2.21. The van der Waals surface area contributed by atoms with Crippen molar-refractivity contribution >= 4 is 15.9 Å². The van der Waals surface area contributed by atoms with E-state index in [9.17, 15) is 13.2 Å². The number of carbonyl (C=O) groups is 1. The number of nitrogens with one attached hydrogen (secondary N) is 2. The summed E-state index contributed by atoms with van der Waals surface area (Å²) < 4.78 is 37.3. The molecule has 0 aromatic heterocycles. The second kappa shape index (κ2) is 7.40. The third-order valence-electron chi connectivity index (χ3n) is 4.30. The number of carbonyl (C=O) groups excluding carboxylic acids is 1. The van der Waals surface area contributed by atoms with Gasteiger partial charge in [-0.05, 0) is 25.0 Å². The molecule has 2 aliphatic rings. The maximum absolute atomic E-state index is 12.3. The van der Waals surface area contributed by atoms with Crippen LogP contribution in [0, 0.1) is 0 Å². The predicted molar refractivity (Wildman–Crippen MR) is 87.4 cm³/mol. The molecule has 1 aromatic rings. The third-order valence-corrected chi connectivity index (χ3v) is 5.70. The van der Waals surface area contributed by atoms with E-state index in [-0.39, 0.29) is 30.2 Å². The molecular formula is C16H22N2O5S. The maximum atomic E-state index is 12.3. The molecule has 1 aliphatic carbocycles. The van der Waals surface area contributed by atoms with Crippen LogP contribution in [-0.2, 0) is 14.8 Å². The van der Waals surface area contributed by atoms with E-state index in [4.69, 9.17) is 9.47 Å². The first-order chi connectivity index (χ1) is 11.5. The summed E-state index contributed by atoms with van der Waals surface area (Å²) in [6.07, 6.45) is 6.52. The first kappa shape index (κ1) is 17.0. The van der Waals surface area contributed by atoms with Gasteiger partial charge in [0.15, 0.2) is 11.5 Å². The number of rotatable bonds is 5. The molecule has 1 amide bonds. The van der Waals surface area contributed by atoms with E-state index < -0.39 is 10.0 Å². The molecule has 1 heterocycles. The molecule has 24 heavy (non-hydrogen) atoms. The average Bonchev–Trinajstić information content (AvgIpc) is 2.89. The van der Waals surface area contributed by atoms with Crippen LogP contribution in [0.2, 0.25) is 0 Å². The molecule has 0 saturated heterocycles. The van der Waals surface area contributed by atoms with Crippen LogP contribution in [0.1, 0.15) is 38.5 Å². The Hall–Kier alpha value is -1.80. The summed E-state index contributed by atoms with van der Waals surface area (Å²) in [7, 11) is -3.77. The Morgan fingerprint density at radius 2 is 1.79 bits per heavy atom. The zero-order chi connectivity index (χ0) is 17.0. The molecule has 3 rings (SSSR count). The number of amides is 1. The van der Waals surface area contributed by atoms with E-state index in [1.54, 1.807) is 6.07 Å². The molecule has 8 heteroatoms. The zero-order valence-electron chi connectivity index (χ0n) is 13.4. The largest absolute Gasteiger partial charge is 0.454 e. The topological polar surface area (TPSA) is 93.7 Å². The molecule has 1 fully saturated rings. The average molecular weight is 354 g/mol. The third kappa shape index (κ3) is 4.18. The van der Waals surface area contributed by atoms with E-state index in [1.807, 2.05) is 0 Å². The Morgan fingerprint density at radius 3 is 2.54 bits per heavy atom. The SMILES string of the molecule is O=C(CNS(=O)(=O)c1ccc2c(c1)OCO2)NC1CCCCCC1. The van der Waals surface area contributed by atoms with Gasteiger partial charge in [0.05, 0.1) is 11.4 Å². The normalized spacial score (nSPS) is 18.2. The van der Waals surface area contributed by atoms with Crippen molar-refractivity contribution in [2.45, 2.75) is 49.5 Å². The summed E-state index contributed by atoms with van der Waals surface area (Å²) in [6, 6.07) is 4.52. The van der Waals surface area contributed by atoms with Crippen molar-refractivity contribution in [3.05, 3.63) is 18.2 Å². The molecule has 1 aliphatic heterocycles. The van der Waals surface area contributed by atoms with Gasteiger partial charge in [0.2, 0.25) is 22.7 Å². The Bertz CT molecular complexity index is 696. The van der Waals surface area contributed by atoms with Gasteiger partial charge in [-0.15, -0.1) is 0 Å². The number of ether oxygens (including phenoxy) is 2. The first-order valence-corrected chi connectivity index (χ1v) is 9.71. The summed E-state index contributed by atoms with van der Waals surface area (Å²) in [5, 5.41) is 2.91. The summed E-state index contributed by atoms with van der Waals surface area (Å²) in [5.41, 5.74) is 0. The smallest absolute Gasteiger partial charge is 0.241 e. The summed E-state index contributed by atoms with van der Waals surface area (Å²) >= 11 is 0. The lowest BCUT2D eigenvalue weighted by atomic mass is 10.1.